The maximum Gasteiger partial charge on any atom is 0.326 e. The Bertz CT molecular complexity index is 1750. The molecule has 1 heterocycles. The number of hydrogen-bond donors (Lipinski definition) is 6. The van der Waals surface area contributed by atoms with Crippen molar-refractivity contribution in [2.24, 2.45) is 5.73 Å². The van der Waals surface area contributed by atoms with Crippen LogP contribution in [-0.2, 0) is 51.4 Å². The molecule has 0 fully saturated rings. The average molecular weight is 650 g/mol. The molecule has 4 aromatic rings. The van der Waals surface area contributed by atoms with Crippen molar-refractivity contribution in [3.8, 4) is 5.75 Å². The van der Waals surface area contributed by atoms with E-state index in [4.69, 9.17) is 11.5 Å². The van der Waals surface area contributed by atoms with E-state index in [-0.39, 0.29) is 38.0 Å². The number of hydrogen-bond acceptors (Lipinski definition) is 7. The third-order valence-corrected chi connectivity index (χ3v) is 8.49. The number of amides is 3. The van der Waals surface area contributed by atoms with Crippen LogP contribution in [-0.4, -0.2) is 63.0 Å². The number of phenolic OH excluding ortho intramolecular Hbond substituents is 1. The van der Waals surface area contributed by atoms with E-state index in [0.717, 1.165) is 22.3 Å². The first kappa shape index (κ1) is 33.7. The Morgan fingerprint density at radius 2 is 1.29 bits per heavy atom. The highest BCUT2D eigenvalue weighted by atomic mass is 16.4. The van der Waals surface area contributed by atoms with Gasteiger partial charge in [-0.05, 0) is 58.5 Å². The number of carbonyl (C=O) groups excluding carboxylic acids is 3. The molecule has 0 saturated heterocycles. The largest absolute Gasteiger partial charge is 0.508 e. The van der Waals surface area contributed by atoms with Gasteiger partial charge in [-0.2, -0.15) is 0 Å². The topological polar surface area (TPSA) is 188 Å². The Morgan fingerprint density at radius 3 is 1.96 bits per heavy atom. The summed E-state index contributed by atoms with van der Waals surface area (Å²) < 4.78 is 0. The molecular weight excluding hydrogens is 610 g/mol. The Morgan fingerprint density at radius 1 is 0.729 bits per heavy atom. The van der Waals surface area contributed by atoms with E-state index in [2.05, 4.69) is 10.6 Å². The van der Waals surface area contributed by atoms with Crippen LogP contribution in [0.15, 0.2) is 103 Å². The van der Waals surface area contributed by atoms with Gasteiger partial charge in [0.1, 0.15) is 23.9 Å². The van der Waals surface area contributed by atoms with Crippen LogP contribution in [0.3, 0.4) is 0 Å². The zero-order chi connectivity index (χ0) is 34.2. The molecule has 4 atom stereocenters. The smallest absolute Gasteiger partial charge is 0.326 e. The molecule has 3 amide bonds. The van der Waals surface area contributed by atoms with Crippen LogP contribution in [0, 0.1) is 0 Å². The number of fused-ring (bicyclic) bond motifs is 1. The fraction of sp³-hybridized carbons (Fsp3) is 0.243. The van der Waals surface area contributed by atoms with Crippen molar-refractivity contribution in [1.82, 2.24) is 15.5 Å². The number of nitrogens with zero attached hydrogens (tertiary/aromatic N) is 1. The average Bonchev–Trinajstić information content (AvgIpc) is 3.09. The number of aromatic hydroxyl groups is 1. The van der Waals surface area contributed by atoms with Gasteiger partial charge in [0, 0.05) is 31.5 Å². The first-order valence-electron chi connectivity index (χ1n) is 15.7. The van der Waals surface area contributed by atoms with Crippen LogP contribution >= 0.6 is 0 Å². The van der Waals surface area contributed by atoms with E-state index in [1.54, 1.807) is 60.7 Å². The quantitative estimate of drug-likeness (QED) is 0.126. The lowest BCUT2D eigenvalue weighted by Crippen LogP contribution is -2.60. The van der Waals surface area contributed by atoms with Gasteiger partial charge in [0.15, 0.2) is 0 Å². The summed E-state index contributed by atoms with van der Waals surface area (Å²) in [6.07, 6.45) is 0.478. The second-order valence-electron chi connectivity index (χ2n) is 12.0. The number of anilines is 1. The lowest BCUT2D eigenvalue weighted by Gasteiger charge is -2.38. The van der Waals surface area contributed by atoms with E-state index in [1.807, 2.05) is 30.3 Å². The molecule has 4 aromatic carbocycles. The molecule has 0 spiro atoms. The number of carboxylic acid groups (broad SMARTS) is 1. The van der Waals surface area contributed by atoms with Crippen molar-refractivity contribution in [1.29, 1.82) is 0 Å². The minimum absolute atomic E-state index is 0.0467. The van der Waals surface area contributed by atoms with Crippen LogP contribution in [0.2, 0.25) is 0 Å². The third kappa shape index (κ3) is 8.56. The molecule has 1 aliphatic rings. The van der Waals surface area contributed by atoms with Gasteiger partial charge >= 0.3 is 5.97 Å². The number of aliphatic carboxylic acids is 1. The molecule has 0 aromatic heterocycles. The van der Waals surface area contributed by atoms with Gasteiger partial charge in [-0.3, -0.25) is 14.4 Å². The molecule has 48 heavy (non-hydrogen) atoms. The molecule has 11 nitrogen and oxygen atoms in total. The standard InChI is InChI=1S/C37H39N5O6/c38-28-14-10-25(11-15-28)19-31(34(44)41-32(37(47)48)20-23-6-2-1-3-7-23)40-35(45)33-21-26-8-4-5-9-27(26)22-42(33)36(46)30(39)18-24-12-16-29(43)17-13-24/h1-17,30-33,43H,18-22,38-39H2,(H,40,45)(H,41,44)(H,47,48)/t30-,31-,32?,33-/m0/s1. The Kier molecular flexibility index (Phi) is 10.7. The van der Waals surface area contributed by atoms with Crippen LogP contribution in [0.4, 0.5) is 5.69 Å². The normalized spacial score (nSPS) is 15.8. The molecule has 0 aliphatic carbocycles. The van der Waals surface area contributed by atoms with Crippen molar-refractivity contribution in [2.75, 3.05) is 5.73 Å². The first-order valence-corrected chi connectivity index (χ1v) is 15.7. The summed E-state index contributed by atoms with van der Waals surface area (Å²) >= 11 is 0. The number of nitrogens with one attached hydrogen (secondary N) is 2. The Balaban J connectivity index is 1.39. The van der Waals surface area contributed by atoms with Crippen LogP contribution in [0.1, 0.15) is 27.8 Å². The lowest BCUT2D eigenvalue weighted by molar-refractivity contribution is -0.144. The molecule has 8 N–H and O–H groups in total. The number of nitrogen functional groups attached to an aromatic ring is 1. The van der Waals surface area contributed by atoms with E-state index in [9.17, 15) is 29.4 Å². The van der Waals surface area contributed by atoms with Crippen LogP contribution in [0.25, 0.3) is 0 Å². The van der Waals surface area contributed by atoms with Gasteiger partial charge < -0.3 is 37.2 Å². The van der Waals surface area contributed by atoms with Gasteiger partial charge in [0.2, 0.25) is 17.7 Å². The fourth-order valence-corrected chi connectivity index (χ4v) is 5.86. The van der Waals surface area contributed by atoms with E-state index >= 15 is 0 Å². The zero-order valence-electron chi connectivity index (χ0n) is 26.3. The molecule has 1 unspecified atom stereocenters. The second kappa shape index (κ2) is 15.3. The molecular formula is C37H39N5O6. The molecule has 0 radical (unpaired) electrons. The Hall–Kier alpha value is -5.68. The first-order chi connectivity index (χ1) is 23.1. The minimum Gasteiger partial charge on any atom is -0.508 e. The lowest BCUT2D eigenvalue weighted by atomic mass is 9.92. The molecule has 11 heteroatoms. The summed E-state index contributed by atoms with van der Waals surface area (Å²) in [6, 6.07) is 25.3. The highest BCUT2D eigenvalue weighted by molar-refractivity contribution is 5.95. The van der Waals surface area contributed by atoms with Gasteiger partial charge in [0.25, 0.3) is 0 Å². The van der Waals surface area contributed by atoms with E-state index in [1.165, 1.54) is 17.0 Å². The van der Waals surface area contributed by atoms with E-state index in [0.29, 0.717) is 11.3 Å². The molecule has 0 bridgehead atoms. The number of phenols is 1. The summed E-state index contributed by atoms with van der Waals surface area (Å²) in [4.78, 5) is 55.4. The number of carboxylic acids is 1. The maximum absolute atomic E-state index is 14.1. The van der Waals surface area contributed by atoms with Crippen molar-refractivity contribution in [2.45, 2.75) is 56.4 Å². The summed E-state index contributed by atoms with van der Waals surface area (Å²) in [6.45, 7) is 0.142. The van der Waals surface area contributed by atoms with Gasteiger partial charge in [-0.1, -0.05) is 78.9 Å². The summed E-state index contributed by atoms with van der Waals surface area (Å²) in [5.41, 5.74) is 16.7. The number of carbonyl (C=O) groups is 4. The minimum atomic E-state index is -1.25. The van der Waals surface area contributed by atoms with Crippen molar-refractivity contribution in [3.63, 3.8) is 0 Å². The number of rotatable bonds is 12. The monoisotopic (exact) mass is 649 g/mol. The summed E-state index contributed by atoms with van der Waals surface area (Å²) in [5, 5.41) is 25.0. The third-order valence-electron chi connectivity index (χ3n) is 8.49. The summed E-state index contributed by atoms with van der Waals surface area (Å²) in [5.74, 6) is -2.81. The predicted molar refractivity (Wildman–Crippen MR) is 180 cm³/mol. The molecule has 248 valence electrons. The Labute approximate surface area is 278 Å². The number of benzene rings is 4. The van der Waals surface area contributed by atoms with Gasteiger partial charge in [-0.25, -0.2) is 4.79 Å². The van der Waals surface area contributed by atoms with Gasteiger partial charge in [-0.15, -0.1) is 0 Å². The maximum atomic E-state index is 14.1. The zero-order valence-corrected chi connectivity index (χ0v) is 26.3. The van der Waals surface area contributed by atoms with E-state index < -0.39 is 47.9 Å². The molecule has 5 rings (SSSR count). The van der Waals surface area contributed by atoms with Crippen LogP contribution in [0.5, 0.6) is 5.75 Å². The second-order valence-corrected chi connectivity index (χ2v) is 12.0. The highest BCUT2D eigenvalue weighted by Crippen LogP contribution is 2.25. The number of nitrogens with two attached hydrogens (primary N) is 2. The summed E-state index contributed by atoms with van der Waals surface area (Å²) in [7, 11) is 0. The molecule has 1 aliphatic heterocycles. The van der Waals surface area contributed by atoms with Crippen molar-refractivity contribution in [3.05, 3.63) is 131 Å². The highest BCUT2D eigenvalue weighted by Gasteiger charge is 2.38. The molecule has 0 saturated carbocycles. The van der Waals surface area contributed by atoms with Crippen molar-refractivity contribution >= 4 is 29.4 Å². The van der Waals surface area contributed by atoms with Crippen molar-refractivity contribution < 1.29 is 29.4 Å². The van der Waals surface area contributed by atoms with Gasteiger partial charge in [0.05, 0.1) is 6.04 Å². The SMILES string of the molecule is Nc1ccc(C[C@H](NC(=O)[C@@H]2Cc3ccccc3CN2C(=O)[C@@H](N)Cc2ccc(O)cc2)C(=O)NC(Cc2ccccc2)C(=O)O)cc1. The predicted octanol–water partition coefficient (Wildman–Crippen LogP) is 2.34. The fourth-order valence-electron chi connectivity index (χ4n) is 5.86. The van der Waals surface area contributed by atoms with Crippen LogP contribution < -0.4 is 22.1 Å².